The number of aromatic nitrogens is 2. The third-order valence-electron chi connectivity index (χ3n) is 10.3. The summed E-state index contributed by atoms with van der Waals surface area (Å²) < 4.78 is 29.6. The number of benzene rings is 1. The zero-order valence-electron chi connectivity index (χ0n) is 20.5. The quantitative estimate of drug-likeness (QED) is 0.601. The van der Waals surface area contributed by atoms with E-state index in [9.17, 15) is 28.9 Å². The van der Waals surface area contributed by atoms with Crippen LogP contribution in [0.15, 0.2) is 30.0 Å². The van der Waals surface area contributed by atoms with E-state index in [-0.39, 0.29) is 28.9 Å². The summed E-state index contributed by atoms with van der Waals surface area (Å²) in [7, 11) is 0. The molecule has 0 amide bonds. The maximum Gasteiger partial charge on any atom is 0.190 e. The topological polar surface area (TPSA) is 95.6 Å². The number of hydrogen-bond acceptors (Lipinski definition) is 5. The lowest BCUT2D eigenvalue weighted by molar-refractivity contribution is -0.181. The summed E-state index contributed by atoms with van der Waals surface area (Å²) in [5.41, 5.74) is 0.371. The molecule has 8 heteroatoms. The Morgan fingerprint density at radius 2 is 2.03 bits per heavy atom. The molecule has 4 aliphatic rings. The number of carbonyl (C=O) groups excluding carboxylic acids is 1. The van der Waals surface area contributed by atoms with Crippen molar-refractivity contribution in [3.8, 4) is 5.69 Å². The third-order valence-corrected chi connectivity index (χ3v) is 10.3. The Labute approximate surface area is 208 Å². The molecule has 1 aromatic heterocycles. The van der Waals surface area contributed by atoms with E-state index in [0.29, 0.717) is 25.7 Å². The van der Waals surface area contributed by atoms with Gasteiger partial charge in [-0.25, -0.2) is 13.5 Å². The van der Waals surface area contributed by atoms with E-state index in [2.05, 4.69) is 18.1 Å². The highest BCUT2D eigenvalue weighted by Gasteiger charge is 2.68. The number of allylic oxidation sites excluding steroid dienone is 1. The van der Waals surface area contributed by atoms with E-state index in [0.717, 1.165) is 30.2 Å². The summed E-state index contributed by atoms with van der Waals surface area (Å²) in [5.74, 6) is -1.72. The van der Waals surface area contributed by atoms with Gasteiger partial charge in [0, 0.05) is 11.5 Å². The van der Waals surface area contributed by atoms with Crippen molar-refractivity contribution in [3.63, 3.8) is 0 Å². The number of ketones is 1. The van der Waals surface area contributed by atoms with Crippen LogP contribution in [0.1, 0.15) is 57.2 Å². The van der Waals surface area contributed by atoms with Crippen LogP contribution >= 0.6 is 0 Å². The number of Topliss-reactive ketones (excluding diaryl/α,β-unsaturated/α-hetero) is 1. The fourth-order valence-electron chi connectivity index (χ4n) is 8.62. The lowest BCUT2D eigenvalue weighted by Gasteiger charge is -2.60. The van der Waals surface area contributed by atoms with E-state index in [1.54, 1.807) is 6.20 Å². The van der Waals surface area contributed by atoms with Crippen LogP contribution in [-0.2, 0) is 11.2 Å². The van der Waals surface area contributed by atoms with Crippen LogP contribution < -0.4 is 0 Å². The molecule has 1 aromatic carbocycles. The molecule has 0 saturated heterocycles. The average molecular weight is 499 g/mol. The Morgan fingerprint density at radius 1 is 1.25 bits per heavy atom. The highest BCUT2D eigenvalue weighted by Crippen LogP contribution is 2.67. The number of aliphatic hydroxyl groups excluding tert-OH is 2. The van der Waals surface area contributed by atoms with Crippen LogP contribution in [0.4, 0.5) is 8.78 Å². The first-order chi connectivity index (χ1) is 17.0. The molecule has 3 saturated carbocycles. The van der Waals surface area contributed by atoms with Crippen LogP contribution in [0.5, 0.6) is 0 Å². The SMILES string of the molecule is C[C@]12Cc3cnn(-c4ccc(F)cc4F)c3C=C1CC[C@@H]1[C@@H]2[C@@H](O)C[C@@]2(C)[C@H]1CC[C@]2(O)C(=O)CO. The molecule has 2 aromatic rings. The molecule has 0 spiro atoms. The van der Waals surface area contributed by atoms with Crippen molar-refractivity contribution in [1.82, 2.24) is 9.78 Å². The lowest BCUT2D eigenvalue weighted by Crippen LogP contribution is -2.62. The number of hydrogen-bond donors (Lipinski definition) is 3. The molecule has 0 radical (unpaired) electrons. The fraction of sp³-hybridized carbons (Fsp3) is 0.571. The Morgan fingerprint density at radius 3 is 2.75 bits per heavy atom. The zero-order chi connectivity index (χ0) is 25.6. The summed E-state index contributed by atoms with van der Waals surface area (Å²) in [6.07, 6.45) is 6.63. The molecule has 3 fully saturated rings. The molecule has 1 heterocycles. The second-order valence-electron chi connectivity index (χ2n) is 11.8. The maximum atomic E-state index is 14.6. The molecule has 3 N–H and O–H groups in total. The van der Waals surface area contributed by atoms with Crippen molar-refractivity contribution < 1.29 is 28.9 Å². The van der Waals surface area contributed by atoms with Gasteiger partial charge >= 0.3 is 0 Å². The van der Waals surface area contributed by atoms with Gasteiger partial charge in [0.1, 0.15) is 23.7 Å². The van der Waals surface area contributed by atoms with Gasteiger partial charge in [-0.15, -0.1) is 0 Å². The maximum absolute atomic E-state index is 14.6. The monoisotopic (exact) mass is 498 g/mol. The van der Waals surface area contributed by atoms with Gasteiger partial charge in [0.2, 0.25) is 0 Å². The highest BCUT2D eigenvalue weighted by molar-refractivity contribution is 5.89. The van der Waals surface area contributed by atoms with Crippen LogP contribution in [-0.4, -0.2) is 49.2 Å². The predicted molar refractivity (Wildman–Crippen MR) is 128 cm³/mol. The smallest absolute Gasteiger partial charge is 0.190 e. The van der Waals surface area contributed by atoms with Crippen molar-refractivity contribution in [3.05, 3.63) is 52.9 Å². The van der Waals surface area contributed by atoms with E-state index in [4.69, 9.17) is 0 Å². The second kappa shape index (κ2) is 7.79. The van der Waals surface area contributed by atoms with Crippen LogP contribution in [0.2, 0.25) is 0 Å². The van der Waals surface area contributed by atoms with E-state index in [1.165, 1.54) is 22.4 Å². The van der Waals surface area contributed by atoms with Crippen LogP contribution in [0.25, 0.3) is 11.8 Å². The largest absolute Gasteiger partial charge is 0.393 e. The second-order valence-corrected chi connectivity index (χ2v) is 11.8. The minimum atomic E-state index is -1.62. The van der Waals surface area contributed by atoms with Crippen molar-refractivity contribution >= 4 is 11.9 Å². The number of halogens is 2. The first-order valence-corrected chi connectivity index (χ1v) is 12.8. The first kappa shape index (κ1) is 23.9. The minimum absolute atomic E-state index is 0.0544. The molecule has 36 heavy (non-hydrogen) atoms. The molecule has 7 atom stereocenters. The molecule has 0 aliphatic heterocycles. The summed E-state index contributed by atoms with van der Waals surface area (Å²) in [4.78, 5) is 12.6. The molecule has 0 unspecified atom stereocenters. The number of nitrogens with zero attached hydrogens (tertiary/aromatic N) is 2. The van der Waals surface area contributed by atoms with Crippen LogP contribution in [0, 0.1) is 40.2 Å². The Balaban J connectivity index is 1.37. The molecule has 192 valence electrons. The number of rotatable bonds is 3. The van der Waals surface area contributed by atoms with Gasteiger partial charge in [0.15, 0.2) is 11.6 Å². The van der Waals surface area contributed by atoms with Crippen molar-refractivity contribution in [2.24, 2.45) is 28.6 Å². The van der Waals surface area contributed by atoms with E-state index >= 15 is 0 Å². The normalized spacial score (nSPS) is 39.0. The predicted octanol–water partition coefficient (Wildman–Crippen LogP) is 3.60. The average Bonchev–Trinajstić information content (AvgIpc) is 3.34. The molecule has 6 rings (SSSR count). The number of fused-ring (bicyclic) bond motifs is 6. The third kappa shape index (κ3) is 2.98. The highest BCUT2D eigenvalue weighted by atomic mass is 19.1. The number of carbonyl (C=O) groups is 1. The fourth-order valence-corrected chi connectivity index (χ4v) is 8.62. The van der Waals surface area contributed by atoms with Crippen molar-refractivity contribution in [2.45, 2.75) is 64.1 Å². The lowest BCUT2D eigenvalue weighted by atomic mass is 9.45. The molecule has 6 nitrogen and oxygen atoms in total. The standard InChI is InChI=1S/C28H32F2N2O4/c1-26-11-15-13-31-32(21-6-4-17(29)10-20(21)30)22(15)9-16(26)3-5-18-19-7-8-28(36,24(35)14-33)27(19,2)12-23(34)25(18)26/h4,6,9-10,13,18-19,23,25,33-34,36H,3,5,7-8,11-12,14H2,1-2H3/t18-,19-,23-,25+,26-,27-,28-/m0/s1. The van der Waals surface area contributed by atoms with E-state index in [1.807, 2.05) is 6.92 Å². The Kier molecular flexibility index (Phi) is 5.18. The van der Waals surface area contributed by atoms with Crippen molar-refractivity contribution in [1.29, 1.82) is 0 Å². The van der Waals surface area contributed by atoms with Gasteiger partial charge in [-0.3, -0.25) is 4.79 Å². The van der Waals surface area contributed by atoms with Gasteiger partial charge in [-0.05, 0) is 85.5 Å². The zero-order valence-corrected chi connectivity index (χ0v) is 20.5. The molecule has 0 bridgehead atoms. The van der Waals surface area contributed by atoms with Crippen molar-refractivity contribution in [2.75, 3.05) is 6.61 Å². The molecular formula is C28H32F2N2O4. The number of aliphatic hydroxyl groups is 3. The van der Waals surface area contributed by atoms with Crippen LogP contribution in [0.3, 0.4) is 0 Å². The molecular weight excluding hydrogens is 466 g/mol. The minimum Gasteiger partial charge on any atom is -0.393 e. The van der Waals surface area contributed by atoms with E-state index < -0.39 is 41.1 Å². The first-order valence-electron chi connectivity index (χ1n) is 12.8. The summed E-state index contributed by atoms with van der Waals surface area (Å²) in [5, 5.41) is 37.0. The summed E-state index contributed by atoms with van der Waals surface area (Å²) in [6.45, 7) is 3.39. The van der Waals surface area contributed by atoms with Gasteiger partial charge in [0.05, 0.1) is 18.0 Å². The van der Waals surface area contributed by atoms with Gasteiger partial charge in [-0.1, -0.05) is 19.4 Å². The summed E-state index contributed by atoms with van der Waals surface area (Å²) >= 11 is 0. The Bertz CT molecular complexity index is 1290. The summed E-state index contributed by atoms with van der Waals surface area (Å²) in [6, 6.07) is 3.47. The Hall–Kier alpha value is -2.42. The van der Waals surface area contributed by atoms with Gasteiger partial charge < -0.3 is 15.3 Å². The molecule has 4 aliphatic carbocycles. The van der Waals surface area contributed by atoms with Gasteiger partial charge in [0.25, 0.3) is 0 Å². The van der Waals surface area contributed by atoms with Gasteiger partial charge in [-0.2, -0.15) is 5.10 Å².